The molecule has 0 amide bonds. The van der Waals surface area contributed by atoms with Crippen molar-refractivity contribution in [3.63, 3.8) is 0 Å². The first-order valence-electron chi connectivity index (χ1n) is 7.53. The quantitative estimate of drug-likeness (QED) is 0.761. The van der Waals surface area contributed by atoms with Crippen LogP contribution in [0.2, 0.25) is 0 Å². The monoisotopic (exact) mass is 320 g/mol. The average molecular weight is 320 g/mol. The molecule has 0 N–H and O–H groups in total. The van der Waals surface area contributed by atoms with Crippen molar-refractivity contribution in [3.8, 4) is 5.75 Å². The molecule has 1 aromatic heterocycles. The zero-order valence-electron chi connectivity index (χ0n) is 12.7. The summed E-state index contributed by atoms with van der Waals surface area (Å²) in [6, 6.07) is 7.88. The molecular formula is C16H20N2O3S. The second-order valence-electron chi connectivity index (χ2n) is 5.29. The Bertz CT molecular complexity index is 597. The van der Waals surface area contributed by atoms with Crippen molar-refractivity contribution in [1.29, 1.82) is 0 Å². The van der Waals surface area contributed by atoms with Gasteiger partial charge in [-0.2, -0.15) is 0 Å². The Morgan fingerprint density at radius 1 is 1.32 bits per heavy atom. The standard InChI is InChI=1S/C16H20N2O3S/c1-19-13-7-4-5-12(9-13)10-15-17-18-16(21-15)22-11-14-6-2-3-8-20-14/h4-5,7,9,14H,2-3,6,8,10-11H2,1H3. The largest absolute Gasteiger partial charge is 0.497 e. The predicted molar refractivity (Wildman–Crippen MR) is 84.4 cm³/mol. The van der Waals surface area contributed by atoms with E-state index >= 15 is 0 Å². The van der Waals surface area contributed by atoms with E-state index in [1.165, 1.54) is 12.8 Å². The lowest BCUT2D eigenvalue weighted by molar-refractivity contribution is 0.0314. The van der Waals surface area contributed by atoms with Crippen LogP contribution >= 0.6 is 11.8 Å². The van der Waals surface area contributed by atoms with E-state index in [-0.39, 0.29) is 0 Å². The number of ether oxygens (including phenoxy) is 2. The molecule has 1 aliphatic rings. The first-order chi connectivity index (χ1) is 10.8. The van der Waals surface area contributed by atoms with Crippen LogP contribution in [-0.4, -0.2) is 35.8 Å². The van der Waals surface area contributed by atoms with Crippen LogP contribution in [0.5, 0.6) is 5.75 Å². The topological polar surface area (TPSA) is 57.4 Å². The molecule has 1 fully saturated rings. The highest BCUT2D eigenvalue weighted by Crippen LogP contribution is 2.23. The first kappa shape index (κ1) is 15.4. The van der Waals surface area contributed by atoms with Crippen LogP contribution in [0.25, 0.3) is 0 Å². The number of hydrogen-bond acceptors (Lipinski definition) is 6. The molecule has 1 aliphatic heterocycles. The fourth-order valence-corrected chi connectivity index (χ4v) is 3.27. The summed E-state index contributed by atoms with van der Waals surface area (Å²) in [6.45, 7) is 0.871. The van der Waals surface area contributed by atoms with Crippen LogP contribution in [0.3, 0.4) is 0 Å². The van der Waals surface area contributed by atoms with E-state index in [0.29, 0.717) is 23.6 Å². The van der Waals surface area contributed by atoms with Gasteiger partial charge in [0.05, 0.1) is 19.6 Å². The molecule has 22 heavy (non-hydrogen) atoms. The van der Waals surface area contributed by atoms with E-state index < -0.39 is 0 Å². The van der Waals surface area contributed by atoms with Gasteiger partial charge < -0.3 is 13.9 Å². The van der Waals surface area contributed by atoms with E-state index in [1.807, 2.05) is 24.3 Å². The van der Waals surface area contributed by atoms with Crippen molar-refractivity contribution in [2.24, 2.45) is 0 Å². The summed E-state index contributed by atoms with van der Waals surface area (Å²) in [6.07, 6.45) is 4.47. The van der Waals surface area contributed by atoms with Gasteiger partial charge in [0.1, 0.15) is 5.75 Å². The minimum Gasteiger partial charge on any atom is -0.497 e. The summed E-state index contributed by atoms with van der Waals surface area (Å²) in [5.74, 6) is 2.34. The Kier molecular flexibility index (Phi) is 5.34. The van der Waals surface area contributed by atoms with Crippen LogP contribution in [0, 0.1) is 0 Å². The van der Waals surface area contributed by atoms with Crippen LogP contribution in [0.15, 0.2) is 33.9 Å². The fourth-order valence-electron chi connectivity index (χ4n) is 2.43. The van der Waals surface area contributed by atoms with Gasteiger partial charge in [-0.25, -0.2) is 0 Å². The van der Waals surface area contributed by atoms with Gasteiger partial charge >= 0.3 is 0 Å². The lowest BCUT2D eigenvalue weighted by Crippen LogP contribution is -2.21. The van der Waals surface area contributed by atoms with Crippen LogP contribution < -0.4 is 4.74 Å². The lowest BCUT2D eigenvalue weighted by atomic mass is 10.1. The van der Waals surface area contributed by atoms with E-state index in [2.05, 4.69) is 10.2 Å². The van der Waals surface area contributed by atoms with Gasteiger partial charge in [0.15, 0.2) is 0 Å². The van der Waals surface area contributed by atoms with Crippen molar-refractivity contribution in [2.75, 3.05) is 19.5 Å². The number of nitrogens with zero attached hydrogens (tertiary/aromatic N) is 2. The third kappa shape index (κ3) is 4.24. The maximum atomic E-state index is 5.70. The molecule has 0 spiro atoms. The van der Waals surface area contributed by atoms with E-state index in [1.54, 1.807) is 18.9 Å². The zero-order chi connectivity index (χ0) is 15.2. The van der Waals surface area contributed by atoms with Crippen molar-refractivity contribution in [3.05, 3.63) is 35.7 Å². The highest BCUT2D eigenvalue weighted by Gasteiger charge is 2.16. The Morgan fingerprint density at radius 3 is 3.09 bits per heavy atom. The van der Waals surface area contributed by atoms with Gasteiger partial charge in [0.2, 0.25) is 5.89 Å². The van der Waals surface area contributed by atoms with E-state index in [4.69, 9.17) is 13.9 Å². The summed E-state index contributed by atoms with van der Waals surface area (Å²) in [5.41, 5.74) is 1.09. The summed E-state index contributed by atoms with van der Waals surface area (Å²) < 4.78 is 16.6. The number of hydrogen-bond donors (Lipinski definition) is 0. The summed E-state index contributed by atoms with van der Waals surface area (Å²) >= 11 is 1.58. The molecule has 2 aromatic rings. The minimum absolute atomic E-state index is 0.312. The molecule has 1 aromatic carbocycles. The lowest BCUT2D eigenvalue weighted by Gasteiger charge is -2.21. The van der Waals surface area contributed by atoms with Crippen molar-refractivity contribution >= 4 is 11.8 Å². The second kappa shape index (κ2) is 7.65. The van der Waals surface area contributed by atoms with Crippen LogP contribution in [0.1, 0.15) is 30.7 Å². The first-order valence-corrected chi connectivity index (χ1v) is 8.52. The third-order valence-electron chi connectivity index (χ3n) is 3.60. The number of benzene rings is 1. The average Bonchev–Trinajstić information content (AvgIpc) is 3.01. The minimum atomic E-state index is 0.312. The summed E-state index contributed by atoms with van der Waals surface area (Å²) in [5, 5.41) is 8.83. The molecule has 5 nitrogen and oxygen atoms in total. The molecule has 1 saturated heterocycles. The second-order valence-corrected chi connectivity index (χ2v) is 6.26. The van der Waals surface area contributed by atoms with Crippen LogP contribution in [-0.2, 0) is 11.2 Å². The molecule has 0 radical (unpaired) electrons. The maximum absolute atomic E-state index is 5.70. The molecule has 1 atom stereocenters. The van der Waals surface area contributed by atoms with Gasteiger partial charge in [-0.3, -0.25) is 0 Å². The number of methoxy groups -OCH3 is 1. The third-order valence-corrected chi connectivity index (χ3v) is 4.55. The normalized spacial score (nSPS) is 18.3. The molecule has 6 heteroatoms. The van der Waals surface area contributed by atoms with Gasteiger partial charge in [0, 0.05) is 12.4 Å². The Balaban J connectivity index is 1.54. The molecule has 0 aliphatic carbocycles. The predicted octanol–water partition coefficient (Wildman–Crippen LogP) is 3.33. The SMILES string of the molecule is COc1cccc(Cc2nnc(SCC3CCCCO3)o2)c1. The molecule has 0 saturated carbocycles. The number of rotatable bonds is 6. The smallest absolute Gasteiger partial charge is 0.276 e. The molecule has 1 unspecified atom stereocenters. The van der Waals surface area contributed by atoms with Gasteiger partial charge in [-0.15, -0.1) is 10.2 Å². The van der Waals surface area contributed by atoms with E-state index in [9.17, 15) is 0 Å². The number of aromatic nitrogens is 2. The zero-order valence-corrected chi connectivity index (χ0v) is 13.5. The van der Waals surface area contributed by atoms with Gasteiger partial charge in [-0.05, 0) is 37.0 Å². The highest BCUT2D eigenvalue weighted by molar-refractivity contribution is 7.99. The summed E-state index contributed by atoms with van der Waals surface area (Å²) in [7, 11) is 1.66. The molecule has 2 heterocycles. The van der Waals surface area contributed by atoms with Crippen molar-refractivity contribution in [2.45, 2.75) is 37.0 Å². The van der Waals surface area contributed by atoms with Crippen molar-refractivity contribution in [1.82, 2.24) is 10.2 Å². The Hall–Kier alpha value is -1.53. The van der Waals surface area contributed by atoms with E-state index in [0.717, 1.165) is 30.1 Å². The molecular weight excluding hydrogens is 300 g/mol. The van der Waals surface area contributed by atoms with Crippen molar-refractivity contribution < 1.29 is 13.9 Å². The number of thioether (sulfide) groups is 1. The Labute approximate surface area is 134 Å². The van der Waals surface area contributed by atoms with Crippen LogP contribution in [0.4, 0.5) is 0 Å². The Morgan fingerprint density at radius 2 is 2.27 bits per heavy atom. The summed E-state index contributed by atoms with van der Waals surface area (Å²) in [4.78, 5) is 0. The molecule has 0 bridgehead atoms. The van der Waals surface area contributed by atoms with Gasteiger partial charge in [-0.1, -0.05) is 23.9 Å². The molecule has 3 rings (SSSR count). The van der Waals surface area contributed by atoms with Gasteiger partial charge in [0.25, 0.3) is 5.22 Å². The molecule has 118 valence electrons. The fraction of sp³-hybridized carbons (Fsp3) is 0.500. The highest BCUT2D eigenvalue weighted by atomic mass is 32.2. The maximum Gasteiger partial charge on any atom is 0.276 e.